The van der Waals surface area contributed by atoms with E-state index in [0.717, 1.165) is 11.1 Å². The van der Waals surface area contributed by atoms with Gasteiger partial charge in [0, 0.05) is 7.05 Å². The van der Waals surface area contributed by atoms with Gasteiger partial charge in [-0.05, 0) is 45.4 Å². The van der Waals surface area contributed by atoms with Gasteiger partial charge in [0.1, 0.15) is 11.1 Å². The molecule has 0 saturated heterocycles. The summed E-state index contributed by atoms with van der Waals surface area (Å²) in [7, 11) is 1.85. The standard InChI is InChI=1S/C23H28N2O4/c1-6-27-21(26)20(28-16(2)3)23(4,17-12-8-7-9-13-17)25(5)22-24-18-14-10-11-15-19(18)29-22/h7-16,20H,6H2,1-5H3. The molecule has 0 N–H and O–H groups in total. The van der Waals surface area contributed by atoms with Crippen molar-refractivity contribution in [2.45, 2.75) is 45.4 Å². The molecule has 0 aliphatic heterocycles. The minimum Gasteiger partial charge on any atom is -0.464 e. The van der Waals surface area contributed by atoms with Gasteiger partial charge in [-0.3, -0.25) is 0 Å². The van der Waals surface area contributed by atoms with Gasteiger partial charge in [-0.2, -0.15) is 4.98 Å². The first kappa shape index (κ1) is 20.9. The molecule has 0 spiro atoms. The van der Waals surface area contributed by atoms with E-state index in [0.29, 0.717) is 11.6 Å². The number of aromatic nitrogens is 1. The second-order valence-corrected chi connectivity index (χ2v) is 7.35. The maximum absolute atomic E-state index is 13.0. The van der Waals surface area contributed by atoms with Gasteiger partial charge in [0.25, 0.3) is 6.01 Å². The van der Waals surface area contributed by atoms with Crippen LogP contribution in [0.4, 0.5) is 6.01 Å². The SMILES string of the molecule is CCOC(=O)C(OC(C)C)C(C)(c1ccccc1)N(C)c1nc2ccccc2o1. The van der Waals surface area contributed by atoms with Gasteiger partial charge in [0.05, 0.1) is 12.7 Å². The van der Waals surface area contributed by atoms with Gasteiger partial charge in [-0.15, -0.1) is 0 Å². The van der Waals surface area contributed by atoms with Crippen LogP contribution in [0.25, 0.3) is 11.1 Å². The van der Waals surface area contributed by atoms with E-state index in [1.807, 2.05) is 87.3 Å². The number of carbonyl (C=O) groups excluding carboxylic acids is 1. The van der Waals surface area contributed by atoms with Crippen LogP contribution in [0.1, 0.15) is 33.3 Å². The monoisotopic (exact) mass is 396 g/mol. The molecular formula is C23H28N2O4. The Kier molecular flexibility index (Phi) is 6.23. The first-order chi connectivity index (χ1) is 13.9. The minimum atomic E-state index is -0.918. The van der Waals surface area contributed by atoms with Gasteiger partial charge in [-0.1, -0.05) is 42.5 Å². The molecule has 0 saturated carbocycles. The minimum absolute atomic E-state index is 0.176. The van der Waals surface area contributed by atoms with Crippen molar-refractivity contribution in [3.8, 4) is 0 Å². The predicted molar refractivity (Wildman–Crippen MR) is 113 cm³/mol. The maximum atomic E-state index is 13.0. The Morgan fingerprint density at radius 3 is 2.41 bits per heavy atom. The van der Waals surface area contributed by atoms with E-state index in [1.165, 1.54) is 0 Å². The smallest absolute Gasteiger partial charge is 0.338 e. The summed E-state index contributed by atoms with van der Waals surface area (Å²) in [6, 6.07) is 17.7. The van der Waals surface area contributed by atoms with Crippen molar-refractivity contribution in [1.29, 1.82) is 0 Å². The zero-order valence-corrected chi connectivity index (χ0v) is 17.6. The molecule has 1 aromatic heterocycles. The quantitative estimate of drug-likeness (QED) is 0.521. The Morgan fingerprint density at radius 2 is 1.79 bits per heavy atom. The lowest BCUT2D eigenvalue weighted by Gasteiger charge is -2.43. The Labute approximate surface area is 171 Å². The molecule has 0 amide bonds. The van der Waals surface area contributed by atoms with Crippen molar-refractivity contribution in [1.82, 2.24) is 4.98 Å². The number of oxazole rings is 1. The van der Waals surface area contributed by atoms with Crippen LogP contribution in [-0.4, -0.2) is 36.8 Å². The molecule has 0 radical (unpaired) electrons. The summed E-state index contributed by atoms with van der Waals surface area (Å²) in [6.07, 6.45) is -1.06. The third-order valence-corrected chi connectivity index (χ3v) is 5.04. The number of ether oxygens (including phenoxy) is 2. The number of likely N-dealkylation sites (N-methyl/N-ethyl adjacent to an activating group) is 1. The number of para-hydroxylation sites is 2. The highest BCUT2D eigenvalue weighted by molar-refractivity contribution is 5.79. The van der Waals surface area contributed by atoms with E-state index in [-0.39, 0.29) is 12.7 Å². The molecule has 154 valence electrons. The molecule has 3 rings (SSSR count). The number of carbonyl (C=O) groups is 1. The Morgan fingerprint density at radius 1 is 1.14 bits per heavy atom. The van der Waals surface area contributed by atoms with Crippen molar-refractivity contribution in [2.24, 2.45) is 0 Å². The van der Waals surface area contributed by atoms with Crippen molar-refractivity contribution in [3.05, 3.63) is 60.2 Å². The third-order valence-electron chi connectivity index (χ3n) is 5.04. The molecule has 0 fully saturated rings. The van der Waals surface area contributed by atoms with Crippen LogP contribution >= 0.6 is 0 Å². The maximum Gasteiger partial charge on any atom is 0.338 e. The van der Waals surface area contributed by atoms with E-state index in [9.17, 15) is 4.79 Å². The van der Waals surface area contributed by atoms with Gasteiger partial charge in [0.15, 0.2) is 11.7 Å². The number of hydrogen-bond donors (Lipinski definition) is 0. The van der Waals surface area contributed by atoms with Crippen LogP contribution in [0.2, 0.25) is 0 Å². The van der Waals surface area contributed by atoms with Crippen LogP contribution in [0.3, 0.4) is 0 Å². The zero-order chi connectivity index (χ0) is 21.0. The number of anilines is 1. The molecule has 1 heterocycles. The third kappa shape index (κ3) is 4.12. The summed E-state index contributed by atoms with van der Waals surface area (Å²) in [6.45, 7) is 7.80. The van der Waals surface area contributed by atoms with Gasteiger partial charge in [-0.25, -0.2) is 4.79 Å². The molecule has 6 nitrogen and oxygen atoms in total. The van der Waals surface area contributed by atoms with E-state index in [2.05, 4.69) is 4.98 Å². The Hall–Kier alpha value is -2.86. The van der Waals surface area contributed by atoms with E-state index >= 15 is 0 Å². The zero-order valence-electron chi connectivity index (χ0n) is 17.6. The fraction of sp³-hybridized carbons (Fsp3) is 0.391. The topological polar surface area (TPSA) is 64.8 Å². The lowest BCUT2D eigenvalue weighted by Crippen LogP contribution is -2.56. The van der Waals surface area contributed by atoms with Crippen LogP contribution in [0.15, 0.2) is 59.0 Å². The van der Waals surface area contributed by atoms with Crippen LogP contribution in [0, 0.1) is 0 Å². The van der Waals surface area contributed by atoms with E-state index in [1.54, 1.807) is 6.92 Å². The number of benzene rings is 2. The fourth-order valence-electron chi connectivity index (χ4n) is 3.41. The lowest BCUT2D eigenvalue weighted by molar-refractivity contribution is -0.165. The van der Waals surface area contributed by atoms with E-state index < -0.39 is 17.6 Å². The van der Waals surface area contributed by atoms with Crippen molar-refractivity contribution < 1.29 is 18.7 Å². The second-order valence-electron chi connectivity index (χ2n) is 7.35. The van der Waals surface area contributed by atoms with Gasteiger partial charge < -0.3 is 18.8 Å². The first-order valence-corrected chi connectivity index (χ1v) is 9.85. The molecule has 2 unspecified atom stereocenters. The van der Waals surface area contributed by atoms with Crippen molar-refractivity contribution >= 4 is 23.1 Å². The Balaban J connectivity index is 2.14. The summed E-state index contributed by atoms with van der Waals surface area (Å²) in [5.74, 6) is -0.421. The number of rotatable bonds is 8. The van der Waals surface area contributed by atoms with Crippen LogP contribution in [0.5, 0.6) is 0 Å². The number of hydrogen-bond acceptors (Lipinski definition) is 6. The molecule has 6 heteroatoms. The van der Waals surface area contributed by atoms with E-state index in [4.69, 9.17) is 13.9 Å². The largest absolute Gasteiger partial charge is 0.464 e. The average Bonchev–Trinajstić information content (AvgIpc) is 3.15. The fourth-order valence-corrected chi connectivity index (χ4v) is 3.41. The number of esters is 1. The first-order valence-electron chi connectivity index (χ1n) is 9.85. The predicted octanol–water partition coefficient (Wildman–Crippen LogP) is 4.54. The van der Waals surface area contributed by atoms with Crippen molar-refractivity contribution in [3.63, 3.8) is 0 Å². The summed E-state index contributed by atoms with van der Waals surface area (Å²) < 4.78 is 17.5. The summed E-state index contributed by atoms with van der Waals surface area (Å²) >= 11 is 0. The number of fused-ring (bicyclic) bond motifs is 1. The molecule has 2 atom stereocenters. The summed E-state index contributed by atoms with van der Waals surface area (Å²) in [5.41, 5.74) is 1.41. The molecule has 0 bridgehead atoms. The highest BCUT2D eigenvalue weighted by Crippen LogP contribution is 2.38. The highest BCUT2D eigenvalue weighted by Gasteiger charge is 2.48. The molecule has 0 aliphatic carbocycles. The van der Waals surface area contributed by atoms with Crippen molar-refractivity contribution in [2.75, 3.05) is 18.6 Å². The van der Waals surface area contributed by atoms with Gasteiger partial charge >= 0.3 is 5.97 Å². The Bertz CT molecular complexity index is 921. The normalized spacial score (nSPS) is 14.6. The van der Waals surface area contributed by atoms with Gasteiger partial charge in [0.2, 0.25) is 0 Å². The average molecular weight is 396 g/mol. The molecule has 3 aromatic rings. The lowest BCUT2D eigenvalue weighted by atomic mass is 9.84. The molecule has 29 heavy (non-hydrogen) atoms. The highest BCUT2D eigenvalue weighted by atomic mass is 16.6. The summed E-state index contributed by atoms with van der Waals surface area (Å²) in [4.78, 5) is 19.5. The van der Waals surface area contributed by atoms with Crippen LogP contribution < -0.4 is 4.90 Å². The van der Waals surface area contributed by atoms with Crippen LogP contribution in [-0.2, 0) is 19.8 Å². The molecule has 0 aliphatic rings. The molecule has 2 aromatic carbocycles. The second kappa shape index (κ2) is 8.66. The summed E-state index contributed by atoms with van der Waals surface area (Å²) in [5, 5.41) is 0. The number of nitrogens with zero attached hydrogens (tertiary/aromatic N) is 2. The molecular weight excluding hydrogens is 368 g/mol.